The average Bonchev–Trinajstić information content (AvgIpc) is 2.86. The Balaban J connectivity index is 2.40. The van der Waals surface area contributed by atoms with Crippen molar-refractivity contribution in [3.05, 3.63) is 29.7 Å². The number of nitrogens with two attached hydrogens (primary N) is 1. The summed E-state index contributed by atoms with van der Waals surface area (Å²) in [4.78, 5) is 4.52. The number of nitrogens with zero attached hydrogens (tertiary/aromatic N) is 2. The van der Waals surface area contributed by atoms with Crippen molar-refractivity contribution in [1.82, 2.24) is 10.1 Å². The number of hydrogen-bond donors (Lipinski definition) is 1. The zero-order valence-corrected chi connectivity index (χ0v) is 13.3. The van der Waals surface area contributed by atoms with E-state index in [0.29, 0.717) is 17.6 Å². The van der Waals surface area contributed by atoms with Crippen molar-refractivity contribution in [3.8, 4) is 17.1 Å². The first-order valence-corrected chi connectivity index (χ1v) is 7.18. The van der Waals surface area contributed by atoms with Gasteiger partial charge in [0.15, 0.2) is 0 Å². The van der Waals surface area contributed by atoms with E-state index >= 15 is 0 Å². The first-order chi connectivity index (χ1) is 9.93. The largest absolute Gasteiger partial charge is 0.496 e. The van der Waals surface area contributed by atoms with Crippen LogP contribution >= 0.6 is 0 Å². The predicted octanol–water partition coefficient (Wildman–Crippen LogP) is 3.14. The Morgan fingerprint density at radius 1 is 1.24 bits per heavy atom. The summed E-state index contributed by atoms with van der Waals surface area (Å²) < 4.78 is 10.8. The molecule has 1 aromatic heterocycles. The van der Waals surface area contributed by atoms with Gasteiger partial charge in [0, 0.05) is 6.04 Å². The molecule has 2 rings (SSSR count). The molecular weight excluding hydrogens is 266 g/mol. The van der Waals surface area contributed by atoms with Gasteiger partial charge in [0.1, 0.15) is 5.75 Å². The summed E-state index contributed by atoms with van der Waals surface area (Å²) in [7, 11) is 1.64. The molecule has 0 radical (unpaired) electrons. The molecule has 1 aromatic carbocycles. The van der Waals surface area contributed by atoms with Gasteiger partial charge in [-0.3, -0.25) is 0 Å². The van der Waals surface area contributed by atoms with Gasteiger partial charge in [-0.25, -0.2) is 0 Å². The smallest absolute Gasteiger partial charge is 0.231 e. The van der Waals surface area contributed by atoms with Gasteiger partial charge in [-0.2, -0.15) is 4.98 Å². The maximum absolute atomic E-state index is 6.04. The maximum atomic E-state index is 6.04. The van der Waals surface area contributed by atoms with Crippen molar-refractivity contribution >= 4 is 0 Å². The van der Waals surface area contributed by atoms with Crippen LogP contribution < -0.4 is 10.5 Å². The monoisotopic (exact) mass is 289 g/mol. The number of ether oxygens (including phenoxy) is 1. The van der Waals surface area contributed by atoms with Crippen LogP contribution in [0.5, 0.6) is 5.75 Å². The highest BCUT2D eigenvalue weighted by Crippen LogP contribution is 2.31. The van der Waals surface area contributed by atoms with Gasteiger partial charge in [-0.1, -0.05) is 25.1 Å². The number of aryl methyl sites for hydroxylation is 1. The third kappa shape index (κ3) is 3.24. The van der Waals surface area contributed by atoms with Crippen molar-refractivity contribution in [3.63, 3.8) is 0 Å². The molecule has 1 heterocycles. The Bertz CT molecular complexity index is 597. The molecule has 2 N–H and O–H groups in total. The lowest BCUT2D eigenvalue weighted by atomic mass is 9.90. The number of benzene rings is 1. The third-order valence-corrected chi connectivity index (χ3v) is 3.61. The van der Waals surface area contributed by atoms with E-state index in [1.807, 2.05) is 32.0 Å². The fraction of sp³-hybridized carbons (Fsp3) is 0.500. The van der Waals surface area contributed by atoms with Gasteiger partial charge in [0.25, 0.3) is 0 Å². The summed E-state index contributed by atoms with van der Waals surface area (Å²) in [5.74, 6) is 2.23. The number of rotatable bonds is 5. The number of aromatic nitrogens is 2. The molecule has 0 saturated heterocycles. The topological polar surface area (TPSA) is 74.2 Å². The molecular formula is C16H23N3O2. The molecule has 2 aromatic rings. The van der Waals surface area contributed by atoms with Crippen LogP contribution in [0.2, 0.25) is 0 Å². The fourth-order valence-corrected chi connectivity index (χ4v) is 2.58. The van der Waals surface area contributed by atoms with Crippen LogP contribution in [0.4, 0.5) is 0 Å². The first-order valence-electron chi connectivity index (χ1n) is 7.18. The molecule has 0 aliphatic heterocycles. The van der Waals surface area contributed by atoms with Gasteiger partial charge in [-0.15, -0.1) is 0 Å². The van der Waals surface area contributed by atoms with E-state index in [1.165, 1.54) is 0 Å². The Kier molecular flexibility index (Phi) is 4.63. The van der Waals surface area contributed by atoms with Gasteiger partial charge in [-0.05, 0) is 37.5 Å². The molecule has 0 bridgehead atoms. The van der Waals surface area contributed by atoms with Crippen LogP contribution in [0.15, 0.2) is 22.7 Å². The fourth-order valence-electron chi connectivity index (χ4n) is 2.58. The van der Waals surface area contributed by atoms with E-state index in [9.17, 15) is 0 Å². The minimum Gasteiger partial charge on any atom is -0.496 e. The molecule has 2 atom stereocenters. The lowest BCUT2D eigenvalue weighted by Crippen LogP contribution is -2.28. The van der Waals surface area contributed by atoms with Crippen LogP contribution in [0.1, 0.15) is 38.1 Å². The molecule has 21 heavy (non-hydrogen) atoms. The summed E-state index contributed by atoms with van der Waals surface area (Å²) in [5.41, 5.74) is 7.99. The Hall–Kier alpha value is -1.88. The Labute approximate surface area is 125 Å². The molecule has 0 aliphatic carbocycles. The summed E-state index contributed by atoms with van der Waals surface area (Å²) in [5, 5.41) is 4.09. The summed E-state index contributed by atoms with van der Waals surface area (Å²) >= 11 is 0. The third-order valence-electron chi connectivity index (χ3n) is 3.61. The Morgan fingerprint density at radius 3 is 2.52 bits per heavy atom. The van der Waals surface area contributed by atoms with Crippen LogP contribution in [0.3, 0.4) is 0 Å². The first kappa shape index (κ1) is 15.5. The Morgan fingerprint density at radius 2 is 1.95 bits per heavy atom. The summed E-state index contributed by atoms with van der Waals surface area (Å²) in [6, 6.07) is 5.85. The van der Waals surface area contributed by atoms with E-state index < -0.39 is 0 Å². The molecule has 114 valence electrons. The van der Waals surface area contributed by atoms with Gasteiger partial charge in [0.2, 0.25) is 11.7 Å². The second-order valence-corrected chi connectivity index (χ2v) is 5.79. The molecule has 5 nitrogen and oxygen atoms in total. The molecule has 0 saturated carbocycles. The normalized spacial score (nSPS) is 14.2. The van der Waals surface area contributed by atoms with E-state index in [1.54, 1.807) is 7.11 Å². The summed E-state index contributed by atoms with van der Waals surface area (Å²) in [6.07, 6.45) is 0. The maximum Gasteiger partial charge on any atom is 0.231 e. The lowest BCUT2D eigenvalue weighted by molar-refractivity contribution is 0.300. The average molecular weight is 289 g/mol. The molecule has 0 spiro atoms. The molecule has 0 amide bonds. The molecule has 0 fully saturated rings. The van der Waals surface area contributed by atoms with Gasteiger partial charge >= 0.3 is 0 Å². The van der Waals surface area contributed by atoms with Gasteiger partial charge < -0.3 is 15.0 Å². The quantitative estimate of drug-likeness (QED) is 0.915. The van der Waals surface area contributed by atoms with E-state index in [0.717, 1.165) is 16.9 Å². The van der Waals surface area contributed by atoms with Crippen LogP contribution in [0.25, 0.3) is 11.4 Å². The minimum absolute atomic E-state index is 0.0433. The van der Waals surface area contributed by atoms with E-state index in [2.05, 4.69) is 24.0 Å². The SMILES string of the molecule is COc1cc(C)ccc1-c1noc(C(C(C)C)C(C)N)n1. The highest BCUT2D eigenvalue weighted by atomic mass is 16.5. The number of methoxy groups -OCH3 is 1. The molecule has 0 aliphatic rings. The zero-order valence-electron chi connectivity index (χ0n) is 13.3. The van der Waals surface area contributed by atoms with Crippen molar-refractivity contribution in [2.45, 2.75) is 39.7 Å². The number of hydrogen-bond acceptors (Lipinski definition) is 5. The van der Waals surface area contributed by atoms with Crippen molar-refractivity contribution in [2.75, 3.05) is 7.11 Å². The van der Waals surface area contributed by atoms with Crippen molar-refractivity contribution < 1.29 is 9.26 Å². The van der Waals surface area contributed by atoms with Crippen molar-refractivity contribution in [1.29, 1.82) is 0 Å². The van der Waals surface area contributed by atoms with E-state index in [-0.39, 0.29) is 12.0 Å². The zero-order chi connectivity index (χ0) is 15.6. The molecule has 5 heteroatoms. The van der Waals surface area contributed by atoms with Crippen LogP contribution in [0, 0.1) is 12.8 Å². The lowest BCUT2D eigenvalue weighted by Gasteiger charge is -2.20. The van der Waals surface area contributed by atoms with Gasteiger partial charge in [0.05, 0.1) is 18.6 Å². The van der Waals surface area contributed by atoms with E-state index in [4.69, 9.17) is 15.0 Å². The minimum atomic E-state index is -0.0433. The predicted molar refractivity (Wildman–Crippen MR) is 82.3 cm³/mol. The second kappa shape index (κ2) is 6.26. The standard InChI is InChI=1S/C16H23N3O2/c1-9(2)14(11(4)17)16-18-15(19-21-16)12-7-6-10(3)8-13(12)20-5/h6-9,11,14H,17H2,1-5H3. The highest BCUT2D eigenvalue weighted by molar-refractivity contribution is 5.64. The second-order valence-electron chi connectivity index (χ2n) is 5.79. The molecule has 2 unspecified atom stereocenters. The summed E-state index contributed by atoms with van der Waals surface area (Å²) in [6.45, 7) is 8.18. The van der Waals surface area contributed by atoms with Crippen LogP contribution in [-0.2, 0) is 0 Å². The van der Waals surface area contributed by atoms with Crippen molar-refractivity contribution in [2.24, 2.45) is 11.7 Å². The van der Waals surface area contributed by atoms with Crippen LogP contribution in [-0.4, -0.2) is 23.3 Å². The highest BCUT2D eigenvalue weighted by Gasteiger charge is 2.27.